The minimum Gasteiger partial charge on any atom is -0.465 e. The van der Waals surface area contributed by atoms with E-state index in [4.69, 9.17) is 4.74 Å². The molecule has 0 aliphatic rings. The summed E-state index contributed by atoms with van der Waals surface area (Å²) in [6.45, 7) is 6.09. The van der Waals surface area contributed by atoms with Crippen LogP contribution in [0.3, 0.4) is 0 Å². The first kappa shape index (κ1) is 9.47. The lowest BCUT2D eigenvalue weighted by molar-refractivity contribution is -0.139. The maximum absolute atomic E-state index is 10.6. The molecule has 0 N–H and O–H groups in total. The van der Waals surface area contributed by atoms with Crippen molar-refractivity contribution in [3.05, 3.63) is 13.3 Å². The second kappa shape index (κ2) is 6.59. The third-order valence-corrected chi connectivity index (χ3v) is 1.05. The quantitative estimate of drug-likeness (QED) is 0.432. The van der Waals surface area contributed by atoms with E-state index in [1.165, 1.54) is 6.42 Å². The fourth-order valence-electron chi connectivity index (χ4n) is 0.494. The first-order chi connectivity index (χ1) is 4.81. The lowest BCUT2D eigenvalue weighted by Gasteiger charge is -2.00. The second-order valence-electron chi connectivity index (χ2n) is 2.01. The Kier molecular flexibility index (Phi) is 6.24. The molecule has 0 fully saturated rings. The Morgan fingerprint density at radius 1 is 1.70 bits per heavy atom. The highest BCUT2D eigenvalue weighted by Crippen LogP contribution is 1.92. The van der Waals surface area contributed by atoms with Crippen molar-refractivity contribution in [3.8, 4) is 0 Å². The Morgan fingerprint density at radius 2 is 2.40 bits per heavy atom. The molecule has 10 heavy (non-hydrogen) atoms. The van der Waals surface area contributed by atoms with Crippen LogP contribution >= 0.6 is 0 Å². The average Bonchev–Trinajstić information content (AvgIpc) is 1.89. The third kappa shape index (κ3) is 5.60. The molecular formula is C8H14O2. The zero-order valence-corrected chi connectivity index (χ0v) is 6.43. The molecule has 0 saturated heterocycles. The van der Waals surface area contributed by atoms with Crippen LogP contribution in [-0.4, -0.2) is 12.6 Å². The number of hydrogen-bond donors (Lipinski definition) is 0. The molecule has 0 amide bonds. The van der Waals surface area contributed by atoms with Crippen LogP contribution in [0.2, 0.25) is 0 Å². The molecule has 0 spiro atoms. The first-order valence-electron chi connectivity index (χ1n) is 3.60. The van der Waals surface area contributed by atoms with Crippen LogP contribution in [0, 0.1) is 13.3 Å². The van der Waals surface area contributed by atoms with Gasteiger partial charge in [0.25, 0.3) is 0 Å². The summed E-state index contributed by atoms with van der Waals surface area (Å²) in [7, 11) is 0. The molecule has 2 radical (unpaired) electrons. The van der Waals surface area contributed by atoms with Gasteiger partial charge in [-0.15, -0.1) is 0 Å². The maximum atomic E-state index is 10.6. The number of ether oxygens (including phenoxy) is 1. The smallest absolute Gasteiger partial charge is 0.309 e. The topological polar surface area (TPSA) is 26.3 Å². The number of esters is 1. The van der Waals surface area contributed by atoms with Gasteiger partial charge in [0.1, 0.15) is 0 Å². The van der Waals surface area contributed by atoms with Crippen molar-refractivity contribution in [3.63, 3.8) is 0 Å². The number of carbonyl (C=O) groups is 1. The van der Waals surface area contributed by atoms with Gasteiger partial charge >= 0.3 is 5.97 Å². The van der Waals surface area contributed by atoms with Crippen molar-refractivity contribution in [1.29, 1.82) is 0 Å². The third-order valence-electron chi connectivity index (χ3n) is 1.05. The SMILES string of the molecule is [CH2]C[CH]C(=O)OCCCC. The summed E-state index contributed by atoms with van der Waals surface area (Å²) in [5, 5.41) is 0. The highest BCUT2D eigenvalue weighted by molar-refractivity contribution is 5.78. The molecule has 0 aromatic heterocycles. The molecule has 0 saturated carbocycles. The Hall–Kier alpha value is -0.530. The van der Waals surface area contributed by atoms with E-state index in [1.807, 2.05) is 0 Å². The molecule has 2 heteroatoms. The Morgan fingerprint density at radius 3 is 2.90 bits per heavy atom. The zero-order chi connectivity index (χ0) is 7.82. The molecular weight excluding hydrogens is 128 g/mol. The molecule has 0 aromatic carbocycles. The van der Waals surface area contributed by atoms with Gasteiger partial charge in [-0.1, -0.05) is 20.3 Å². The Bertz CT molecular complexity index is 89.3. The van der Waals surface area contributed by atoms with Gasteiger partial charge in [0.2, 0.25) is 0 Å². The van der Waals surface area contributed by atoms with Crippen LogP contribution in [0.5, 0.6) is 0 Å². The fourth-order valence-corrected chi connectivity index (χ4v) is 0.494. The lowest BCUT2D eigenvalue weighted by atomic mass is 10.3. The Labute approximate surface area is 62.6 Å². The van der Waals surface area contributed by atoms with Gasteiger partial charge in [-0.25, -0.2) is 0 Å². The van der Waals surface area contributed by atoms with E-state index in [1.54, 1.807) is 0 Å². The minimum atomic E-state index is -0.247. The summed E-state index contributed by atoms with van der Waals surface area (Å²) >= 11 is 0. The van der Waals surface area contributed by atoms with E-state index in [2.05, 4.69) is 13.8 Å². The molecule has 0 aliphatic carbocycles. The molecule has 0 bridgehead atoms. The van der Waals surface area contributed by atoms with Crippen LogP contribution in [0.1, 0.15) is 26.2 Å². The summed E-state index contributed by atoms with van der Waals surface area (Å²) < 4.78 is 4.79. The van der Waals surface area contributed by atoms with E-state index in [9.17, 15) is 4.79 Å². The predicted octanol–water partition coefficient (Wildman–Crippen LogP) is 1.76. The van der Waals surface area contributed by atoms with Crippen molar-refractivity contribution in [2.45, 2.75) is 26.2 Å². The van der Waals surface area contributed by atoms with Crippen LogP contribution in [0.15, 0.2) is 0 Å². The van der Waals surface area contributed by atoms with E-state index in [0.29, 0.717) is 13.0 Å². The van der Waals surface area contributed by atoms with Gasteiger partial charge in [-0.3, -0.25) is 4.79 Å². The average molecular weight is 142 g/mol. The van der Waals surface area contributed by atoms with Gasteiger partial charge in [-0.05, 0) is 12.8 Å². The summed E-state index contributed by atoms with van der Waals surface area (Å²) in [5.74, 6) is -0.247. The highest BCUT2D eigenvalue weighted by atomic mass is 16.5. The van der Waals surface area contributed by atoms with Crippen molar-refractivity contribution < 1.29 is 9.53 Å². The maximum Gasteiger partial charge on any atom is 0.309 e. The lowest BCUT2D eigenvalue weighted by Crippen LogP contribution is -2.05. The molecule has 0 aromatic rings. The minimum absolute atomic E-state index is 0.247. The number of unbranched alkanes of at least 4 members (excludes halogenated alkanes) is 1. The zero-order valence-electron chi connectivity index (χ0n) is 6.43. The van der Waals surface area contributed by atoms with Gasteiger partial charge < -0.3 is 4.74 Å². The van der Waals surface area contributed by atoms with Crippen LogP contribution in [0.4, 0.5) is 0 Å². The molecule has 0 heterocycles. The van der Waals surface area contributed by atoms with Gasteiger partial charge in [0.05, 0.1) is 13.0 Å². The van der Waals surface area contributed by atoms with Gasteiger partial charge in [0.15, 0.2) is 0 Å². The predicted molar refractivity (Wildman–Crippen MR) is 40.1 cm³/mol. The summed E-state index contributed by atoms with van der Waals surface area (Å²) in [6, 6.07) is 0. The Balaban J connectivity index is 3.05. The summed E-state index contributed by atoms with van der Waals surface area (Å²) in [5.41, 5.74) is 0. The molecule has 0 atom stereocenters. The van der Waals surface area contributed by atoms with Crippen LogP contribution in [0.25, 0.3) is 0 Å². The highest BCUT2D eigenvalue weighted by Gasteiger charge is 1.98. The first-order valence-corrected chi connectivity index (χ1v) is 3.60. The van der Waals surface area contributed by atoms with E-state index >= 15 is 0 Å². The van der Waals surface area contributed by atoms with E-state index in [-0.39, 0.29) is 5.97 Å². The van der Waals surface area contributed by atoms with Crippen molar-refractivity contribution >= 4 is 5.97 Å². The van der Waals surface area contributed by atoms with Gasteiger partial charge in [-0.2, -0.15) is 0 Å². The number of hydrogen-bond acceptors (Lipinski definition) is 2. The molecule has 0 rings (SSSR count). The summed E-state index contributed by atoms with van der Waals surface area (Å²) in [6.07, 6.45) is 3.94. The molecule has 0 aliphatic heterocycles. The fraction of sp³-hybridized carbons (Fsp3) is 0.625. The van der Waals surface area contributed by atoms with Crippen molar-refractivity contribution in [1.82, 2.24) is 0 Å². The largest absolute Gasteiger partial charge is 0.465 e. The van der Waals surface area contributed by atoms with E-state index in [0.717, 1.165) is 12.8 Å². The standard InChI is InChI=1S/C8H14O2/c1-3-5-7-10-8(9)6-4-2/h6H,2-5,7H2,1H3. The van der Waals surface area contributed by atoms with Crippen LogP contribution < -0.4 is 0 Å². The van der Waals surface area contributed by atoms with Gasteiger partial charge in [0, 0.05) is 0 Å². The van der Waals surface area contributed by atoms with Crippen molar-refractivity contribution in [2.75, 3.05) is 6.61 Å². The number of rotatable bonds is 5. The molecule has 0 unspecified atom stereocenters. The number of carbonyl (C=O) groups excluding carboxylic acids is 1. The second-order valence-corrected chi connectivity index (χ2v) is 2.01. The normalized spacial score (nSPS) is 9.40. The molecule has 58 valence electrons. The molecule has 2 nitrogen and oxygen atoms in total. The summed E-state index contributed by atoms with van der Waals surface area (Å²) in [4.78, 5) is 10.6. The monoisotopic (exact) mass is 142 g/mol. The van der Waals surface area contributed by atoms with Crippen LogP contribution in [-0.2, 0) is 9.53 Å². The van der Waals surface area contributed by atoms with Crippen molar-refractivity contribution in [2.24, 2.45) is 0 Å². The van der Waals surface area contributed by atoms with E-state index < -0.39 is 0 Å².